The fourth-order valence-electron chi connectivity index (χ4n) is 3.74. The van der Waals surface area contributed by atoms with Gasteiger partial charge < -0.3 is 14.1 Å². The van der Waals surface area contributed by atoms with Gasteiger partial charge in [0.1, 0.15) is 0 Å². The second-order valence-electron chi connectivity index (χ2n) is 7.84. The molecule has 0 spiro atoms. The molecule has 0 aliphatic heterocycles. The summed E-state index contributed by atoms with van der Waals surface area (Å²) >= 11 is 0. The van der Waals surface area contributed by atoms with Crippen LogP contribution in [0.25, 0.3) is 11.3 Å². The number of hydrogen-bond acceptors (Lipinski definition) is 6. The van der Waals surface area contributed by atoms with E-state index in [1.807, 2.05) is 50.4 Å². The second-order valence-corrected chi connectivity index (χ2v) is 7.84. The molecule has 0 radical (unpaired) electrons. The number of rotatable bonds is 8. The van der Waals surface area contributed by atoms with Crippen molar-refractivity contribution in [3.05, 3.63) is 59.9 Å². The minimum atomic E-state index is -0.245. The third-order valence-corrected chi connectivity index (χ3v) is 5.58. The maximum atomic E-state index is 13.5. The highest BCUT2D eigenvalue weighted by Crippen LogP contribution is 2.40. The topological polar surface area (TPSA) is 90.5 Å². The van der Waals surface area contributed by atoms with Crippen LogP contribution in [0.2, 0.25) is 0 Å². The second kappa shape index (κ2) is 8.75. The summed E-state index contributed by atoms with van der Waals surface area (Å²) in [6, 6.07) is 11.4. The van der Waals surface area contributed by atoms with Crippen LogP contribution in [0.3, 0.4) is 0 Å². The van der Waals surface area contributed by atoms with E-state index in [4.69, 9.17) is 9.15 Å². The minimum absolute atomic E-state index is 0.0693. The maximum absolute atomic E-state index is 13.5. The van der Waals surface area contributed by atoms with Crippen LogP contribution in [0.5, 0.6) is 0 Å². The van der Waals surface area contributed by atoms with Crippen LogP contribution in [-0.4, -0.2) is 44.7 Å². The lowest BCUT2D eigenvalue weighted by Crippen LogP contribution is -2.34. The Kier molecular flexibility index (Phi) is 5.88. The predicted octanol–water partition coefficient (Wildman–Crippen LogP) is 3.23. The molecule has 8 nitrogen and oxygen atoms in total. The average molecular weight is 422 g/mol. The first-order chi connectivity index (χ1) is 15.0. The number of benzene rings is 1. The number of ether oxygens (including phenoxy) is 1. The molecule has 1 aliphatic rings. The molecule has 2 heterocycles. The molecular formula is C23H26N4O4. The molecule has 0 unspecified atom stereocenters. The normalized spacial score (nSPS) is 17.4. The van der Waals surface area contributed by atoms with Crippen molar-refractivity contribution < 1.29 is 18.7 Å². The van der Waals surface area contributed by atoms with Gasteiger partial charge in [-0.05, 0) is 32.3 Å². The van der Waals surface area contributed by atoms with E-state index < -0.39 is 0 Å². The molecule has 2 atom stereocenters. The molecule has 0 bridgehead atoms. The largest absolute Gasteiger partial charge is 0.466 e. The highest BCUT2D eigenvalue weighted by Gasteiger charge is 2.46. The van der Waals surface area contributed by atoms with Crippen molar-refractivity contribution in [1.82, 2.24) is 19.7 Å². The first-order valence-corrected chi connectivity index (χ1v) is 10.4. The van der Waals surface area contributed by atoms with Crippen LogP contribution < -0.4 is 0 Å². The summed E-state index contributed by atoms with van der Waals surface area (Å²) in [7, 11) is 1.87. The Morgan fingerprint density at radius 2 is 2.06 bits per heavy atom. The van der Waals surface area contributed by atoms with Gasteiger partial charge in [0.2, 0.25) is 0 Å². The summed E-state index contributed by atoms with van der Waals surface area (Å²) in [5, 5.41) is 4.49. The van der Waals surface area contributed by atoms with E-state index in [1.54, 1.807) is 16.5 Å². The van der Waals surface area contributed by atoms with Gasteiger partial charge in [-0.15, -0.1) is 0 Å². The molecule has 1 saturated carbocycles. The van der Waals surface area contributed by atoms with Crippen molar-refractivity contribution in [2.75, 3.05) is 13.2 Å². The summed E-state index contributed by atoms with van der Waals surface area (Å²) in [6.45, 7) is 4.87. The average Bonchev–Trinajstić information content (AvgIpc) is 3.22. The fraction of sp³-hybridized carbons (Fsp3) is 0.391. The quantitative estimate of drug-likeness (QED) is 0.518. The molecule has 1 aliphatic carbocycles. The highest BCUT2D eigenvalue weighted by molar-refractivity contribution is 5.97. The van der Waals surface area contributed by atoms with Gasteiger partial charge in [-0.25, -0.2) is 4.98 Å². The first-order valence-electron chi connectivity index (χ1n) is 10.4. The lowest BCUT2D eigenvalue weighted by atomic mass is 10.1. The zero-order valence-corrected chi connectivity index (χ0v) is 17.9. The van der Waals surface area contributed by atoms with Gasteiger partial charge in [0.05, 0.1) is 24.8 Å². The van der Waals surface area contributed by atoms with Crippen molar-refractivity contribution in [3.63, 3.8) is 0 Å². The maximum Gasteiger partial charge on any atom is 0.309 e. The molecule has 0 saturated heterocycles. The Hall–Kier alpha value is -3.42. The Bertz CT molecular complexity index is 1050. The van der Waals surface area contributed by atoms with E-state index in [-0.39, 0.29) is 29.4 Å². The van der Waals surface area contributed by atoms with Gasteiger partial charge >= 0.3 is 5.97 Å². The standard InChI is InChI=1S/C23H26N4O4/c1-4-30-23(29)19-11-17(19)12-27(13-18-10-15(2)26(3)25-18)22(28)20-21(31-14-24-20)16-8-6-5-7-9-16/h5-10,14,17,19H,4,11-13H2,1-3H3/t17-,19+/m0/s1. The van der Waals surface area contributed by atoms with Crippen molar-refractivity contribution in [2.45, 2.75) is 26.8 Å². The molecule has 4 rings (SSSR count). The Labute approximate surface area is 180 Å². The van der Waals surface area contributed by atoms with Crippen molar-refractivity contribution in [2.24, 2.45) is 18.9 Å². The number of nitrogens with zero attached hydrogens (tertiary/aromatic N) is 4. The molecular weight excluding hydrogens is 396 g/mol. The van der Waals surface area contributed by atoms with Crippen molar-refractivity contribution in [1.29, 1.82) is 0 Å². The van der Waals surface area contributed by atoms with Crippen LogP contribution in [-0.2, 0) is 23.1 Å². The van der Waals surface area contributed by atoms with Crippen molar-refractivity contribution >= 4 is 11.9 Å². The third kappa shape index (κ3) is 4.52. The van der Waals surface area contributed by atoms with Crippen LogP contribution >= 0.6 is 0 Å². The smallest absolute Gasteiger partial charge is 0.309 e. The van der Waals surface area contributed by atoms with Gasteiger partial charge in [0, 0.05) is 24.8 Å². The SMILES string of the molecule is CCOC(=O)[C@@H]1C[C@H]1CN(Cc1cc(C)n(C)n1)C(=O)c1ncoc1-c1ccccc1. The third-order valence-electron chi connectivity index (χ3n) is 5.58. The lowest BCUT2D eigenvalue weighted by molar-refractivity contribution is -0.145. The summed E-state index contributed by atoms with van der Waals surface area (Å²) < 4.78 is 12.5. The number of esters is 1. The molecule has 1 fully saturated rings. The van der Waals surface area contributed by atoms with E-state index in [1.165, 1.54) is 6.39 Å². The Morgan fingerprint density at radius 1 is 1.29 bits per heavy atom. The number of oxazole rings is 1. The van der Waals surface area contributed by atoms with E-state index in [0.29, 0.717) is 31.9 Å². The molecule has 3 aromatic rings. The Morgan fingerprint density at radius 3 is 2.74 bits per heavy atom. The van der Waals surface area contributed by atoms with E-state index in [0.717, 1.165) is 17.0 Å². The van der Waals surface area contributed by atoms with Gasteiger partial charge in [-0.1, -0.05) is 30.3 Å². The molecule has 0 N–H and O–H groups in total. The van der Waals surface area contributed by atoms with E-state index >= 15 is 0 Å². The summed E-state index contributed by atoms with van der Waals surface area (Å²) in [5.41, 5.74) is 2.83. The zero-order valence-electron chi connectivity index (χ0n) is 17.9. The van der Waals surface area contributed by atoms with Gasteiger partial charge in [0.15, 0.2) is 17.8 Å². The number of carbonyl (C=O) groups excluding carboxylic acids is 2. The minimum Gasteiger partial charge on any atom is -0.466 e. The Balaban J connectivity index is 1.58. The van der Waals surface area contributed by atoms with Crippen molar-refractivity contribution in [3.8, 4) is 11.3 Å². The number of hydrogen-bond donors (Lipinski definition) is 0. The van der Waals surface area contributed by atoms with Crippen LogP contribution in [0.4, 0.5) is 0 Å². The van der Waals surface area contributed by atoms with Gasteiger partial charge in [0.25, 0.3) is 5.91 Å². The summed E-state index contributed by atoms with van der Waals surface area (Å²) in [4.78, 5) is 31.5. The van der Waals surface area contributed by atoms with E-state index in [2.05, 4.69) is 10.1 Å². The first kappa shape index (κ1) is 20.8. The van der Waals surface area contributed by atoms with Crippen LogP contribution in [0, 0.1) is 18.8 Å². The zero-order chi connectivity index (χ0) is 22.0. The number of aromatic nitrogens is 3. The van der Waals surface area contributed by atoms with Crippen LogP contribution in [0.1, 0.15) is 35.2 Å². The van der Waals surface area contributed by atoms with Gasteiger partial charge in [-0.2, -0.15) is 5.10 Å². The lowest BCUT2D eigenvalue weighted by Gasteiger charge is -2.21. The van der Waals surface area contributed by atoms with Crippen LogP contribution in [0.15, 0.2) is 47.2 Å². The highest BCUT2D eigenvalue weighted by atomic mass is 16.5. The molecule has 31 heavy (non-hydrogen) atoms. The number of amides is 1. The molecule has 1 aromatic carbocycles. The fourth-order valence-corrected chi connectivity index (χ4v) is 3.74. The number of carbonyl (C=O) groups is 2. The molecule has 2 aromatic heterocycles. The summed E-state index contributed by atoms with van der Waals surface area (Å²) in [6.07, 6.45) is 2.01. The number of aryl methyl sites for hydroxylation is 2. The molecule has 1 amide bonds. The molecule has 162 valence electrons. The van der Waals surface area contributed by atoms with Gasteiger partial charge in [-0.3, -0.25) is 14.3 Å². The molecule has 8 heteroatoms. The summed E-state index contributed by atoms with van der Waals surface area (Å²) in [5.74, 6) is -0.0949. The van der Waals surface area contributed by atoms with E-state index in [9.17, 15) is 9.59 Å². The monoisotopic (exact) mass is 422 g/mol. The predicted molar refractivity (Wildman–Crippen MR) is 113 cm³/mol.